The highest BCUT2D eigenvalue weighted by Crippen LogP contribution is 2.17. The molecule has 1 aliphatic rings. The van der Waals surface area contributed by atoms with Gasteiger partial charge in [-0.1, -0.05) is 30.3 Å². The van der Waals surface area contributed by atoms with E-state index < -0.39 is 6.10 Å². The Hall–Kier alpha value is -1.32. The Kier molecular flexibility index (Phi) is 3.59. The number of ether oxygens (including phenoxy) is 2. The number of hydrogen-bond donors (Lipinski definition) is 1. The second kappa shape index (κ2) is 5.14. The molecule has 0 aliphatic carbocycles. The Labute approximate surface area is 95.3 Å². The maximum absolute atomic E-state index is 9.73. The maximum Gasteiger partial charge on any atom is 0.124 e. The van der Waals surface area contributed by atoms with Crippen molar-refractivity contribution in [3.8, 4) is 0 Å². The van der Waals surface area contributed by atoms with Crippen LogP contribution in [0.15, 0.2) is 42.7 Å². The van der Waals surface area contributed by atoms with Gasteiger partial charge in [-0.15, -0.1) is 0 Å². The number of benzene rings is 1. The van der Waals surface area contributed by atoms with Gasteiger partial charge in [0.1, 0.15) is 18.3 Å². The predicted molar refractivity (Wildman–Crippen MR) is 60.7 cm³/mol. The van der Waals surface area contributed by atoms with Crippen molar-refractivity contribution < 1.29 is 14.6 Å². The largest absolute Gasteiger partial charge is 0.496 e. The highest BCUT2D eigenvalue weighted by Gasteiger charge is 2.28. The molecule has 0 saturated heterocycles. The molecule has 0 radical (unpaired) electrons. The van der Waals surface area contributed by atoms with Crippen LogP contribution in [0.4, 0.5) is 0 Å². The van der Waals surface area contributed by atoms with E-state index >= 15 is 0 Å². The number of aliphatic hydroxyl groups excluding tert-OH is 1. The van der Waals surface area contributed by atoms with Gasteiger partial charge in [0.2, 0.25) is 0 Å². The summed E-state index contributed by atoms with van der Waals surface area (Å²) in [6, 6.07) is 9.90. The van der Waals surface area contributed by atoms with Gasteiger partial charge in [0.05, 0.1) is 12.9 Å². The van der Waals surface area contributed by atoms with Gasteiger partial charge < -0.3 is 14.6 Å². The van der Waals surface area contributed by atoms with Crippen LogP contribution in [0.1, 0.15) is 12.5 Å². The lowest BCUT2D eigenvalue weighted by atomic mass is 10.1. The van der Waals surface area contributed by atoms with E-state index in [2.05, 4.69) is 0 Å². The zero-order chi connectivity index (χ0) is 11.4. The lowest BCUT2D eigenvalue weighted by Crippen LogP contribution is -2.40. The molecule has 0 amide bonds. The van der Waals surface area contributed by atoms with Gasteiger partial charge in [-0.2, -0.15) is 0 Å². The molecule has 0 bridgehead atoms. The maximum atomic E-state index is 9.73. The second-order valence-electron chi connectivity index (χ2n) is 3.92. The Morgan fingerprint density at radius 1 is 1.31 bits per heavy atom. The lowest BCUT2D eigenvalue weighted by Gasteiger charge is -2.29. The summed E-state index contributed by atoms with van der Waals surface area (Å²) >= 11 is 0. The molecule has 0 saturated carbocycles. The van der Waals surface area contributed by atoms with Gasteiger partial charge >= 0.3 is 0 Å². The molecule has 0 aromatic heterocycles. The second-order valence-corrected chi connectivity index (χ2v) is 3.92. The molecule has 2 rings (SSSR count). The summed E-state index contributed by atoms with van der Waals surface area (Å²) in [6.07, 6.45) is 2.12. The summed E-state index contributed by atoms with van der Waals surface area (Å²) in [5.41, 5.74) is 1.09. The minimum Gasteiger partial charge on any atom is -0.496 e. The fourth-order valence-corrected chi connectivity index (χ4v) is 1.72. The highest BCUT2D eigenvalue weighted by atomic mass is 16.5. The third-order valence-corrected chi connectivity index (χ3v) is 2.65. The van der Waals surface area contributed by atoms with Crippen molar-refractivity contribution in [1.29, 1.82) is 0 Å². The van der Waals surface area contributed by atoms with E-state index in [9.17, 15) is 5.11 Å². The summed E-state index contributed by atoms with van der Waals surface area (Å²) < 4.78 is 11.0. The molecular formula is C13H16O3. The first-order chi connectivity index (χ1) is 7.77. The minimum atomic E-state index is -0.590. The Morgan fingerprint density at radius 2 is 2.06 bits per heavy atom. The molecule has 3 nitrogen and oxygen atoms in total. The quantitative estimate of drug-likeness (QED) is 0.845. The van der Waals surface area contributed by atoms with Crippen LogP contribution in [-0.4, -0.2) is 23.4 Å². The van der Waals surface area contributed by atoms with Crippen LogP contribution in [0.25, 0.3) is 0 Å². The average molecular weight is 220 g/mol. The molecule has 0 unspecified atom stereocenters. The van der Waals surface area contributed by atoms with E-state index in [1.165, 1.54) is 6.26 Å². The first kappa shape index (κ1) is 11.2. The Morgan fingerprint density at radius 3 is 2.75 bits per heavy atom. The monoisotopic (exact) mass is 220 g/mol. The molecule has 0 fully saturated rings. The smallest absolute Gasteiger partial charge is 0.124 e. The van der Waals surface area contributed by atoms with E-state index in [0.717, 1.165) is 5.56 Å². The number of aliphatic hydroxyl groups is 1. The molecule has 1 N–H and O–H groups in total. The SMILES string of the molecule is C[C@@H]1OC=C[C@H](O)[C@@H]1OCc1ccccc1. The highest BCUT2D eigenvalue weighted by molar-refractivity contribution is 5.13. The van der Waals surface area contributed by atoms with Crippen LogP contribution in [0.2, 0.25) is 0 Å². The molecule has 86 valence electrons. The molecule has 1 aliphatic heterocycles. The van der Waals surface area contributed by atoms with Crippen molar-refractivity contribution in [3.05, 3.63) is 48.2 Å². The van der Waals surface area contributed by atoms with Crippen molar-refractivity contribution in [2.45, 2.75) is 31.8 Å². The molecular weight excluding hydrogens is 204 g/mol. The number of hydrogen-bond acceptors (Lipinski definition) is 3. The molecule has 3 heteroatoms. The first-order valence-corrected chi connectivity index (χ1v) is 5.43. The zero-order valence-corrected chi connectivity index (χ0v) is 9.24. The van der Waals surface area contributed by atoms with Crippen LogP contribution in [0, 0.1) is 0 Å². The number of rotatable bonds is 3. The molecule has 16 heavy (non-hydrogen) atoms. The molecule has 1 heterocycles. The van der Waals surface area contributed by atoms with E-state index in [-0.39, 0.29) is 12.2 Å². The fraction of sp³-hybridized carbons (Fsp3) is 0.385. The van der Waals surface area contributed by atoms with Crippen molar-refractivity contribution in [1.82, 2.24) is 0 Å². The van der Waals surface area contributed by atoms with E-state index in [1.807, 2.05) is 37.3 Å². The summed E-state index contributed by atoms with van der Waals surface area (Å²) in [5.74, 6) is 0. The average Bonchev–Trinajstić information content (AvgIpc) is 2.30. The van der Waals surface area contributed by atoms with Crippen molar-refractivity contribution in [3.63, 3.8) is 0 Å². The summed E-state index contributed by atoms with van der Waals surface area (Å²) in [6.45, 7) is 2.38. The minimum absolute atomic E-state index is 0.122. The van der Waals surface area contributed by atoms with Crippen molar-refractivity contribution in [2.75, 3.05) is 0 Å². The van der Waals surface area contributed by atoms with E-state index in [0.29, 0.717) is 6.61 Å². The topological polar surface area (TPSA) is 38.7 Å². The van der Waals surface area contributed by atoms with Crippen LogP contribution in [-0.2, 0) is 16.1 Å². The van der Waals surface area contributed by atoms with Gasteiger partial charge in [-0.05, 0) is 18.6 Å². The summed E-state index contributed by atoms with van der Waals surface area (Å²) in [7, 11) is 0. The van der Waals surface area contributed by atoms with Crippen LogP contribution in [0.3, 0.4) is 0 Å². The van der Waals surface area contributed by atoms with Crippen LogP contribution in [0.5, 0.6) is 0 Å². The van der Waals surface area contributed by atoms with Gasteiger partial charge in [-0.25, -0.2) is 0 Å². The van der Waals surface area contributed by atoms with Gasteiger partial charge in [0.15, 0.2) is 0 Å². The standard InChI is InChI=1S/C13H16O3/c1-10-13(12(14)7-8-15-10)16-9-11-5-3-2-4-6-11/h2-8,10,12-14H,9H2,1H3/t10-,12-,13+/m0/s1. The molecule has 3 atom stereocenters. The normalized spacial score (nSPS) is 28.8. The fourth-order valence-electron chi connectivity index (χ4n) is 1.72. The van der Waals surface area contributed by atoms with Gasteiger partial charge in [-0.3, -0.25) is 0 Å². The lowest BCUT2D eigenvalue weighted by molar-refractivity contribution is -0.102. The first-order valence-electron chi connectivity index (χ1n) is 5.43. The van der Waals surface area contributed by atoms with Gasteiger partial charge in [0.25, 0.3) is 0 Å². The molecule has 0 spiro atoms. The predicted octanol–water partition coefficient (Wildman–Crippen LogP) is 1.87. The van der Waals surface area contributed by atoms with E-state index in [1.54, 1.807) is 6.08 Å². The molecule has 1 aromatic rings. The zero-order valence-electron chi connectivity index (χ0n) is 9.24. The molecule has 1 aromatic carbocycles. The Balaban J connectivity index is 1.92. The van der Waals surface area contributed by atoms with Gasteiger partial charge in [0, 0.05) is 0 Å². The van der Waals surface area contributed by atoms with Crippen molar-refractivity contribution >= 4 is 0 Å². The third kappa shape index (κ3) is 2.62. The Bertz CT molecular complexity index is 347. The third-order valence-electron chi connectivity index (χ3n) is 2.65. The van der Waals surface area contributed by atoms with Crippen LogP contribution >= 0.6 is 0 Å². The van der Waals surface area contributed by atoms with Crippen LogP contribution < -0.4 is 0 Å². The van der Waals surface area contributed by atoms with Crippen molar-refractivity contribution in [2.24, 2.45) is 0 Å². The van der Waals surface area contributed by atoms with E-state index in [4.69, 9.17) is 9.47 Å². The summed E-state index contributed by atoms with van der Waals surface area (Å²) in [5, 5.41) is 9.73. The summed E-state index contributed by atoms with van der Waals surface area (Å²) in [4.78, 5) is 0.